The minimum atomic E-state index is -2.34. The molecule has 0 saturated carbocycles. The second kappa shape index (κ2) is 15.5. The maximum Gasteiger partial charge on any atom is 2.00 e. The molecule has 38 heavy (non-hydrogen) atoms. The summed E-state index contributed by atoms with van der Waals surface area (Å²) < 4.78 is 3.72. The summed E-state index contributed by atoms with van der Waals surface area (Å²) in [6.07, 6.45) is 9.53. The van der Waals surface area contributed by atoms with Gasteiger partial charge in [0.05, 0.1) is 0 Å². The van der Waals surface area contributed by atoms with Gasteiger partial charge in [-0.25, -0.2) is 0 Å². The van der Waals surface area contributed by atoms with Crippen LogP contribution in [0.25, 0.3) is 22.8 Å². The molecule has 0 amide bonds. The normalized spacial score (nSPS) is 15.9. The summed E-state index contributed by atoms with van der Waals surface area (Å²) >= 11 is -2.34. The van der Waals surface area contributed by atoms with E-state index in [4.69, 9.17) is 0 Å². The Morgan fingerprint density at radius 1 is 0.526 bits per heavy atom. The molecular weight excluding hydrogens is 646 g/mol. The van der Waals surface area contributed by atoms with Crippen molar-refractivity contribution in [3.05, 3.63) is 154 Å². The van der Waals surface area contributed by atoms with Gasteiger partial charge in [0, 0.05) is 0 Å². The number of hydrogen-bond donors (Lipinski definition) is 0. The van der Waals surface area contributed by atoms with E-state index in [0.29, 0.717) is 9.85 Å². The summed E-state index contributed by atoms with van der Waals surface area (Å²) in [7, 11) is 7.00. The van der Waals surface area contributed by atoms with Crippen molar-refractivity contribution in [1.29, 1.82) is 0 Å². The molecular formula is C34H35N2SnZr. The van der Waals surface area contributed by atoms with E-state index in [1.807, 2.05) is 0 Å². The molecule has 1 radical (unpaired) electrons. The molecule has 0 saturated heterocycles. The van der Waals surface area contributed by atoms with Crippen molar-refractivity contribution in [2.24, 2.45) is 0 Å². The first-order valence-electron chi connectivity index (χ1n) is 12.7. The Hall–Kier alpha value is -2.04. The van der Waals surface area contributed by atoms with Crippen LogP contribution in [0.2, 0.25) is 0 Å². The van der Waals surface area contributed by atoms with Gasteiger partial charge in [-0.05, 0) is 0 Å². The zero-order valence-electron chi connectivity index (χ0n) is 22.7. The number of rotatable bonds is 4. The molecule has 0 fully saturated rings. The van der Waals surface area contributed by atoms with Crippen LogP contribution in [-0.4, -0.2) is 48.0 Å². The van der Waals surface area contributed by atoms with E-state index in [1.165, 1.54) is 27.8 Å². The molecule has 0 heterocycles. The van der Waals surface area contributed by atoms with Crippen LogP contribution in [-0.2, 0) is 26.2 Å². The molecule has 2 atom stereocenters. The van der Waals surface area contributed by atoms with Gasteiger partial charge in [0.15, 0.2) is 0 Å². The largest absolute Gasteiger partial charge is 2.00 e. The van der Waals surface area contributed by atoms with E-state index in [0.717, 1.165) is 0 Å². The molecule has 2 aliphatic carbocycles. The van der Waals surface area contributed by atoms with E-state index in [2.05, 4.69) is 138 Å². The Labute approximate surface area is 255 Å². The van der Waals surface area contributed by atoms with E-state index >= 15 is 0 Å². The fourth-order valence-corrected chi connectivity index (χ4v) is 14.4. The molecule has 0 aromatic heterocycles. The predicted octanol–water partition coefficient (Wildman–Crippen LogP) is 7.04. The van der Waals surface area contributed by atoms with Crippen LogP contribution < -0.4 is 7.16 Å². The Kier molecular flexibility index (Phi) is 12.5. The van der Waals surface area contributed by atoms with Crippen molar-refractivity contribution in [2.75, 3.05) is 28.2 Å². The fourth-order valence-electron chi connectivity index (χ4n) is 5.16. The van der Waals surface area contributed by atoms with Crippen molar-refractivity contribution in [3.8, 4) is 0 Å². The summed E-state index contributed by atoms with van der Waals surface area (Å²) in [4.78, 5) is 0. The molecule has 2 nitrogen and oxygen atoms in total. The van der Waals surface area contributed by atoms with Gasteiger partial charge < -0.3 is 10.6 Å². The fraction of sp³-hybridized carbons (Fsp3) is 0.176. The smallest absolute Gasteiger partial charge is 0.668 e. The zero-order valence-corrected chi connectivity index (χ0v) is 28.0. The van der Waals surface area contributed by atoms with Crippen LogP contribution >= 0.6 is 0 Å². The Balaban J connectivity index is 0.000000526. The molecule has 0 bridgehead atoms. The van der Waals surface area contributed by atoms with Crippen LogP contribution in [0, 0.1) is 0 Å². The Bertz CT molecular complexity index is 1350. The Morgan fingerprint density at radius 3 is 1.66 bits per heavy atom. The first-order chi connectivity index (χ1) is 18.2. The number of allylic oxidation sites excluding steroid dienone is 2. The molecule has 6 rings (SSSR count). The molecule has 4 heteroatoms. The SMILES string of the molecule is C1=CC(c2cccc[c]2[Sn]([c]2ccccc2)[CH]2C=Cc3ccccc32)c2ccccc21.C[N-]C.C[N-]C.[Zr+2]. The van der Waals surface area contributed by atoms with Crippen LogP contribution in [0.4, 0.5) is 0 Å². The molecule has 2 unspecified atom stereocenters. The van der Waals surface area contributed by atoms with Gasteiger partial charge in [-0.2, -0.15) is 28.2 Å². The van der Waals surface area contributed by atoms with Crippen LogP contribution in [0.5, 0.6) is 0 Å². The molecule has 2 aliphatic rings. The molecule has 0 N–H and O–H groups in total. The number of nitrogens with zero attached hydrogens (tertiary/aromatic N) is 2. The zero-order chi connectivity index (χ0) is 26.0. The second-order valence-electron chi connectivity index (χ2n) is 9.19. The van der Waals surface area contributed by atoms with Gasteiger partial charge in [0.1, 0.15) is 0 Å². The summed E-state index contributed by atoms with van der Waals surface area (Å²) in [5.41, 5.74) is 7.20. The second-order valence-corrected chi connectivity index (χ2v) is 16.5. The van der Waals surface area contributed by atoms with E-state index in [9.17, 15) is 0 Å². The minimum Gasteiger partial charge on any atom is -0.668 e. The first kappa shape index (κ1) is 30.5. The van der Waals surface area contributed by atoms with Crippen molar-refractivity contribution in [3.63, 3.8) is 0 Å². The van der Waals surface area contributed by atoms with Crippen LogP contribution in [0.15, 0.2) is 115 Å². The van der Waals surface area contributed by atoms with Gasteiger partial charge in [-0.15, -0.1) is 0 Å². The number of hydrogen-bond acceptors (Lipinski definition) is 0. The van der Waals surface area contributed by atoms with Crippen molar-refractivity contribution < 1.29 is 26.2 Å². The average molecular weight is 682 g/mol. The average Bonchev–Trinajstić information content (AvgIpc) is 3.56. The van der Waals surface area contributed by atoms with Gasteiger partial charge in [0.2, 0.25) is 0 Å². The van der Waals surface area contributed by atoms with E-state index < -0.39 is 19.8 Å². The summed E-state index contributed by atoms with van der Waals surface area (Å²) in [5.74, 6) is 0.354. The maximum atomic E-state index is 3.50. The topological polar surface area (TPSA) is 28.2 Å². The predicted molar refractivity (Wildman–Crippen MR) is 164 cm³/mol. The Morgan fingerprint density at radius 2 is 1.00 bits per heavy atom. The third-order valence-corrected chi connectivity index (χ3v) is 15.5. The van der Waals surface area contributed by atoms with E-state index in [1.54, 1.807) is 35.3 Å². The monoisotopic (exact) mass is 681 g/mol. The summed E-state index contributed by atoms with van der Waals surface area (Å²) in [6, 6.07) is 38.4. The molecule has 4 aromatic rings. The van der Waals surface area contributed by atoms with Gasteiger partial charge >= 0.3 is 218 Å². The van der Waals surface area contributed by atoms with E-state index in [-0.39, 0.29) is 26.2 Å². The quantitative estimate of drug-likeness (QED) is 0.207. The minimum absolute atomic E-state index is 0. The van der Waals surface area contributed by atoms with Gasteiger partial charge in [-0.3, -0.25) is 0 Å². The molecule has 0 spiro atoms. The summed E-state index contributed by atoms with van der Waals surface area (Å²) in [5, 5.41) is 7.00. The summed E-state index contributed by atoms with van der Waals surface area (Å²) in [6.45, 7) is 0. The third kappa shape index (κ3) is 6.93. The molecule has 4 aromatic carbocycles. The van der Waals surface area contributed by atoms with Crippen LogP contribution in [0.3, 0.4) is 0 Å². The number of fused-ring (bicyclic) bond motifs is 2. The van der Waals surface area contributed by atoms with Crippen molar-refractivity contribution >= 4 is 39.1 Å². The number of benzene rings is 4. The van der Waals surface area contributed by atoms with Gasteiger partial charge in [0.25, 0.3) is 0 Å². The van der Waals surface area contributed by atoms with Gasteiger partial charge in [-0.1, -0.05) is 0 Å². The molecule has 189 valence electrons. The molecule has 0 aliphatic heterocycles. The standard InChI is InChI=1S/C15H11.C9H7.C6H5.2C2H6N.Sn.Zr/c1-2-6-12(7-3-1)15-11-10-13-8-4-5-9-14(13)15;1-2-5-9-7-3-6-8(9)4-1;1-2-4-6-5-3-1;2*1-3-2;;/h1-6,8-11,15H;1-7H;1-5H;2*1-2H3;;/q;;;2*-1;;+2. The third-order valence-electron chi connectivity index (χ3n) is 6.58. The first-order valence-corrected chi connectivity index (χ1v) is 17.2. The maximum absolute atomic E-state index is 3.50. The van der Waals surface area contributed by atoms with Crippen molar-refractivity contribution in [1.82, 2.24) is 0 Å². The van der Waals surface area contributed by atoms with Crippen LogP contribution in [0.1, 0.15) is 37.7 Å². The van der Waals surface area contributed by atoms with Crippen molar-refractivity contribution in [2.45, 2.75) is 9.85 Å².